The molecule has 5 nitrogen and oxygen atoms in total. The molecule has 6 heteroatoms. The van der Waals surface area contributed by atoms with Gasteiger partial charge in [0.25, 0.3) is 0 Å². The highest BCUT2D eigenvalue weighted by Crippen LogP contribution is 2.40. The van der Waals surface area contributed by atoms with Gasteiger partial charge in [-0.1, -0.05) is 19.9 Å². The van der Waals surface area contributed by atoms with Crippen LogP contribution in [0.4, 0.5) is 14.9 Å². The van der Waals surface area contributed by atoms with Gasteiger partial charge in [-0.25, -0.2) is 9.18 Å². The van der Waals surface area contributed by atoms with Gasteiger partial charge in [-0.3, -0.25) is 4.79 Å². The first-order chi connectivity index (χ1) is 11.9. The van der Waals surface area contributed by atoms with Gasteiger partial charge in [0.15, 0.2) is 0 Å². The fourth-order valence-corrected chi connectivity index (χ4v) is 4.21. The van der Waals surface area contributed by atoms with Crippen molar-refractivity contribution in [2.45, 2.75) is 32.9 Å². The molecular weight excluding hydrogens is 321 g/mol. The molecule has 1 aromatic rings. The van der Waals surface area contributed by atoms with Crippen LogP contribution in [0.15, 0.2) is 29.8 Å². The van der Waals surface area contributed by atoms with Crippen LogP contribution < -0.4 is 5.32 Å². The molecule has 3 amide bonds. The molecule has 0 unspecified atom stereocenters. The van der Waals surface area contributed by atoms with Crippen LogP contribution in [0.2, 0.25) is 0 Å². The Labute approximate surface area is 146 Å². The zero-order valence-electron chi connectivity index (χ0n) is 14.5. The van der Waals surface area contributed by atoms with Crippen molar-refractivity contribution in [3.63, 3.8) is 0 Å². The number of carbonyl (C=O) groups is 2. The van der Waals surface area contributed by atoms with Crippen molar-refractivity contribution >= 4 is 17.6 Å². The Morgan fingerprint density at radius 3 is 2.92 bits per heavy atom. The molecule has 1 N–H and O–H groups in total. The fourth-order valence-electron chi connectivity index (χ4n) is 4.21. The summed E-state index contributed by atoms with van der Waals surface area (Å²) in [5, 5.41) is 2.73. The highest BCUT2D eigenvalue weighted by atomic mass is 19.1. The first-order valence-electron chi connectivity index (χ1n) is 8.78. The second-order valence-electron chi connectivity index (χ2n) is 7.47. The van der Waals surface area contributed by atoms with Crippen molar-refractivity contribution in [1.29, 1.82) is 0 Å². The van der Waals surface area contributed by atoms with Crippen molar-refractivity contribution in [3.8, 4) is 0 Å². The molecule has 3 aliphatic rings. The van der Waals surface area contributed by atoms with E-state index in [2.05, 4.69) is 25.2 Å². The Balaban J connectivity index is 1.47. The zero-order valence-corrected chi connectivity index (χ0v) is 14.5. The lowest BCUT2D eigenvalue weighted by atomic mass is 9.97. The molecule has 1 aromatic carbocycles. The summed E-state index contributed by atoms with van der Waals surface area (Å²) >= 11 is 0. The van der Waals surface area contributed by atoms with Crippen LogP contribution in [-0.4, -0.2) is 40.9 Å². The summed E-state index contributed by atoms with van der Waals surface area (Å²) in [5.41, 5.74) is 2.64. The van der Waals surface area contributed by atoms with E-state index in [1.165, 1.54) is 22.6 Å². The van der Waals surface area contributed by atoms with Crippen LogP contribution >= 0.6 is 0 Å². The normalized spacial score (nSPS) is 24.5. The summed E-state index contributed by atoms with van der Waals surface area (Å²) in [4.78, 5) is 28.4. The van der Waals surface area contributed by atoms with Crippen molar-refractivity contribution in [3.05, 3.63) is 41.2 Å². The average Bonchev–Trinajstić information content (AvgIpc) is 3.16. The number of amides is 3. The average molecular weight is 343 g/mol. The number of benzene rings is 1. The van der Waals surface area contributed by atoms with Gasteiger partial charge in [0.2, 0.25) is 5.91 Å². The lowest BCUT2D eigenvalue weighted by Gasteiger charge is -2.34. The molecule has 1 fully saturated rings. The number of halogens is 1. The number of hydrogen-bond acceptors (Lipinski definition) is 2. The molecule has 25 heavy (non-hydrogen) atoms. The minimum Gasteiger partial charge on any atom is -0.334 e. The summed E-state index contributed by atoms with van der Waals surface area (Å²) < 4.78 is 13.4. The molecule has 0 saturated carbocycles. The van der Waals surface area contributed by atoms with E-state index in [4.69, 9.17) is 0 Å². The molecule has 132 valence electrons. The number of nitrogens with zero attached hydrogens (tertiary/aromatic N) is 2. The van der Waals surface area contributed by atoms with Crippen molar-refractivity contribution < 1.29 is 14.0 Å². The maximum absolute atomic E-state index is 13.4. The van der Waals surface area contributed by atoms with Gasteiger partial charge in [-0.05, 0) is 47.6 Å². The Morgan fingerprint density at radius 1 is 1.40 bits per heavy atom. The molecule has 0 radical (unpaired) electrons. The maximum atomic E-state index is 13.4. The zero-order chi connectivity index (χ0) is 17.7. The Kier molecular flexibility index (Phi) is 3.78. The fraction of sp³-hybridized carbons (Fsp3) is 0.474. The van der Waals surface area contributed by atoms with Gasteiger partial charge >= 0.3 is 6.03 Å². The number of likely N-dealkylation sites (tertiary alicyclic amines) is 1. The van der Waals surface area contributed by atoms with Gasteiger partial charge in [0.1, 0.15) is 12.4 Å². The van der Waals surface area contributed by atoms with E-state index in [1.54, 1.807) is 6.07 Å². The summed E-state index contributed by atoms with van der Waals surface area (Å²) in [6.45, 7) is 5.31. The molecular formula is C19H22FN3O2. The topological polar surface area (TPSA) is 52.7 Å². The van der Waals surface area contributed by atoms with Crippen LogP contribution in [-0.2, 0) is 11.3 Å². The highest BCUT2D eigenvalue weighted by Gasteiger charge is 2.42. The quantitative estimate of drug-likeness (QED) is 0.858. The Hall–Kier alpha value is -2.37. The molecule has 2 aliphatic heterocycles. The summed E-state index contributed by atoms with van der Waals surface area (Å²) in [6, 6.07) is 4.15. The molecule has 0 aromatic heterocycles. The summed E-state index contributed by atoms with van der Waals surface area (Å²) in [6.07, 6.45) is 3.31. The number of hydrogen-bond donors (Lipinski definition) is 1. The number of urea groups is 1. The van der Waals surface area contributed by atoms with Crippen LogP contribution in [0.3, 0.4) is 0 Å². The summed E-state index contributed by atoms with van der Waals surface area (Å²) in [7, 11) is 0. The molecule has 2 bridgehead atoms. The van der Waals surface area contributed by atoms with Gasteiger partial charge in [-0.2, -0.15) is 0 Å². The van der Waals surface area contributed by atoms with Gasteiger partial charge in [-0.15, -0.1) is 0 Å². The van der Waals surface area contributed by atoms with Crippen molar-refractivity contribution in [2.24, 2.45) is 11.8 Å². The van der Waals surface area contributed by atoms with Gasteiger partial charge in [0.05, 0.1) is 12.6 Å². The van der Waals surface area contributed by atoms with E-state index in [0.717, 1.165) is 13.0 Å². The Morgan fingerprint density at radius 2 is 2.20 bits per heavy atom. The smallest absolute Gasteiger partial charge is 0.322 e. The molecule has 1 aliphatic carbocycles. The van der Waals surface area contributed by atoms with Crippen LogP contribution in [0.5, 0.6) is 0 Å². The number of anilines is 1. The largest absolute Gasteiger partial charge is 0.334 e. The predicted octanol–water partition coefficient (Wildman–Crippen LogP) is 2.99. The first-order valence-corrected chi connectivity index (χ1v) is 8.78. The second-order valence-corrected chi connectivity index (χ2v) is 7.47. The second kappa shape index (κ2) is 5.86. The van der Waals surface area contributed by atoms with Crippen LogP contribution in [0.25, 0.3) is 0 Å². The maximum Gasteiger partial charge on any atom is 0.322 e. The number of rotatable bonds is 3. The van der Waals surface area contributed by atoms with Crippen molar-refractivity contribution in [2.75, 3.05) is 18.4 Å². The summed E-state index contributed by atoms with van der Waals surface area (Å²) in [5.74, 6) is 0.494. The van der Waals surface area contributed by atoms with E-state index in [0.29, 0.717) is 23.1 Å². The van der Waals surface area contributed by atoms with E-state index in [1.807, 2.05) is 4.90 Å². The third kappa shape index (κ3) is 2.79. The number of carbonyl (C=O) groups excluding carboxylic acids is 2. The molecule has 4 rings (SSSR count). The third-order valence-electron chi connectivity index (χ3n) is 5.42. The van der Waals surface area contributed by atoms with E-state index >= 15 is 0 Å². The molecule has 0 spiro atoms. The number of nitrogens with one attached hydrogen (secondary N) is 1. The number of fused-ring (bicyclic) bond motifs is 3. The molecule has 1 saturated heterocycles. The lowest BCUT2D eigenvalue weighted by Crippen LogP contribution is -2.48. The van der Waals surface area contributed by atoms with E-state index < -0.39 is 0 Å². The van der Waals surface area contributed by atoms with E-state index in [-0.39, 0.29) is 36.9 Å². The van der Waals surface area contributed by atoms with Gasteiger partial charge in [0, 0.05) is 12.2 Å². The monoisotopic (exact) mass is 343 g/mol. The predicted molar refractivity (Wildman–Crippen MR) is 92.4 cm³/mol. The minimum absolute atomic E-state index is 0.0242. The highest BCUT2D eigenvalue weighted by molar-refractivity contribution is 5.95. The molecule has 2 atom stereocenters. The van der Waals surface area contributed by atoms with Crippen LogP contribution in [0.1, 0.15) is 25.8 Å². The lowest BCUT2D eigenvalue weighted by molar-refractivity contribution is -0.132. The standard InChI is InChI=1S/C19H22FN3O2/c1-11(2)15-5-12-6-17(15)23(8-12)18(24)10-22-9-13-7-14(20)3-4-16(13)21-19(22)25/h3-5,7,11-12,17H,6,8-10H2,1-2H3,(H,21,25)/t12-,17-/m1/s1. The molecule has 2 heterocycles. The SMILES string of the molecule is CC(C)C1=C[C@@H]2C[C@H]1N(C(=O)CN1Cc3cc(F)ccc3NC1=O)C2. The van der Waals surface area contributed by atoms with Crippen LogP contribution in [0, 0.1) is 17.7 Å². The Bertz CT molecular complexity index is 774. The minimum atomic E-state index is -0.343. The third-order valence-corrected chi connectivity index (χ3v) is 5.42. The van der Waals surface area contributed by atoms with Crippen molar-refractivity contribution in [1.82, 2.24) is 9.80 Å². The van der Waals surface area contributed by atoms with E-state index in [9.17, 15) is 14.0 Å². The first kappa shape index (κ1) is 16.1. The van der Waals surface area contributed by atoms with Gasteiger partial charge < -0.3 is 15.1 Å².